The fourth-order valence-corrected chi connectivity index (χ4v) is 6.06. The third kappa shape index (κ3) is 6.25. The van der Waals surface area contributed by atoms with Crippen LogP contribution >= 0.6 is 12.4 Å². The number of H-pyrrole nitrogens is 1. The predicted octanol–water partition coefficient (Wildman–Crippen LogP) is 0.720. The first kappa shape index (κ1) is 36.4. The van der Waals surface area contributed by atoms with E-state index in [4.69, 9.17) is 19.9 Å². The Morgan fingerprint density at radius 2 is 1.77 bits per heavy atom. The quantitative estimate of drug-likeness (QED) is 0.162. The van der Waals surface area contributed by atoms with Gasteiger partial charge in [0.05, 0.1) is 42.1 Å². The van der Waals surface area contributed by atoms with Crippen molar-refractivity contribution in [2.75, 3.05) is 7.11 Å². The van der Waals surface area contributed by atoms with Crippen LogP contribution in [0, 0.1) is 0 Å². The number of methoxy groups -OCH3 is 1. The molecule has 0 radical (unpaired) electrons. The zero-order valence-corrected chi connectivity index (χ0v) is 26.6. The van der Waals surface area contributed by atoms with Crippen LogP contribution in [-0.4, -0.2) is 84.8 Å². The van der Waals surface area contributed by atoms with Crippen molar-refractivity contribution < 1.29 is 53.5 Å². The average molecular weight is 694 g/mol. The molecule has 0 bridgehead atoms. The summed E-state index contributed by atoms with van der Waals surface area (Å²) in [5, 5.41) is 44.1. The number of carbonyl (C=O) groups is 3. The van der Waals surface area contributed by atoms with Crippen molar-refractivity contribution in [1.82, 2.24) is 9.77 Å². The number of hydrogen-bond acceptors (Lipinski definition) is 13. The summed E-state index contributed by atoms with van der Waals surface area (Å²) in [7, 11) is 1.34. The number of halogens is 2. The van der Waals surface area contributed by atoms with Gasteiger partial charge in [-0.25, -0.2) is 4.79 Å². The van der Waals surface area contributed by atoms with Crippen LogP contribution in [0.4, 0.5) is 4.48 Å². The number of carbonyl (C=O) groups excluding carboxylic acids is 3. The molecule has 0 unspecified atom stereocenters. The Morgan fingerprint density at radius 3 is 2.35 bits per heavy atom. The number of benzene rings is 2. The van der Waals surface area contributed by atoms with Crippen LogP contribution in [-0.2, 0) is 20.7 Å². The maximum absolute atomic E-state index is 13.6. The van der Waals surface area contributed by atoms with E-state index >= 15 is 0 Å². The number of aromatic amines is 1. The number of ketones is 3. The summed E-state index contributed by atoms with van der Waals surface area (Å²) in [5.74, 6) is -3.18. The molecule has 0 saturated carbocycles. The molecular formula is C31H33ClFN3O12. The lowest BCUT2D eigenvalue weighted by molar-refractivity contribution is -0.247. The smallest absolute Gasteiger partial charge is 0.356 e. The summed E-state index contributed by atoms with van der Waals surface area (Å²) < 4.78 is 29.0. The highest BCUT2D eigenvalue weighted by Gasteiger charge is 2.49. The molecule has 48 heavy (non-hydrogen) atoms. The molecule has 2 aromatic carbocycles. The Kier molecular flexibility index (Phi) is 10.3. The van der Waals surface area contributed by atoms with Gasteiger partial charge in [-0.2, -0.15) is 0 Å². The van der Waals surface area contributed by atoms with Crippen LogP contribution in [0.2, 0.25) is 0 Å². The molecule has 1 fully saturated rings. The number of nitrogens with one attached hydrogen (secondary N) is 1. The number of phenolic OH excluding ortho intramolecular Hbond substituents is 2. The molecule has 1 aliphatic heterocycles. The van der Waals surface area contributed by atoms with E-state index in [1.807, 2.05) is 0 Å². The highest BCUT2D eigenvalue weighted by molar-refractivity contribution is 6.31. The summed E-state index contributed by atoms with van der Waals surface area (Å²) in [4.78, 5) is 61.5. The van der Waals surface area contributed by atoms with Gasteiger partial charge in [0.15, 0.2) is 17.9 Å². The van der Waals surface area contributed by atoms with E-state index < -0.39 is 93.9 Å². The molecule has 2 aliphatic carbocycles. The normalized spacial score (nSPS) is 25.8. The molecule has 3 aromatic rings. The first-order valence-corrected chi connectivity index (χ1v) is 14.4. The topological polar surface area (TPSA) is 241 Å². The standard InChI is InChI=1S/C27H29NO10.C4H3FN2O2.ClH/c1-10-22(30)14(28)7-17(37-10)38-16-9-27(35,11(2)29)8-13-19(16)26(34)21-20(24(13)32)23(31)12-5-4-6-15(36-3)18(12)25(21)33;5-7-2-1-3(8)6-4(7)9;/h4-6,10,14,16-17,22,30,32,34-35H,7-9,28H2,1-3H3;1-2H,(H,6,8,9);1H/t10-,14-,16-,17-,22+,27-;;/m0../s1. The molecule has 3 aliphatic rings. The molecule has 2 heterocycles. The number of fused-ring (bicyclic) bond motifs is 3. The third-order valence-electron chi connectivity index (χ3n) is 8.58. The monoisotopic (exact) mass is 693 g/mol. The number of nitrogens with zero attached hydrogens (tertiary/aromatic N) is 1. The van der Waals surface area contributed by atoms with Gasteiger partial charge in [-0.15, -0.1) is 17.2 Å². The first-order valence-electron chi connectivity index (χ1n) is 14.4. The highest BCUT2D eigenvalue weighted by Crippen LogP contribution is 2.52. The van der Waals surface area contributed by atoms with Crippen molar-refractivity contribution in [3.05, 3.63) is 84.7 Å². The van der Waals surface area contributed by atoms with Crippen molar-refractivity contribution in [2.45, 2.75) is 69.4 Å². The number of ether oxygens (including phenoxy) is 3. The second-order valence-corrected chi connectivity index (χ2v) is 11.6. The van der Waals surface area contributed by atoms with Gasteiger partial charge in [0.2, 0.25) is 5.78 Å². The highest BCUT2D eigenvalue weighted by atomic mass is 35.5. The summed E-state index contributed by atoms with van der Waals surface area (Å²) in [6, 6.07) is 4.67. The Labute approximate surface area is 277 Å². The van der Waals surface area contributed by atoms with Crippen LogP contribution in [0.3, 0.4) is 0 Å². The number of aliphatic hydroxyl groups excluding tert-OH is 1. The van der Waals surface area contributed by atoms with Gasteiger partial charge in [0.25, 0.3) is 5.56 Å². The van der Waals surface area contributed by atoms with Gasteiger partial charge in [-0.05, 0) is 19.9 Å². The minimum Gasteiger partial charge on any atom is -0.507 e. The minimum atomic E-state index is -2.00. The number of aromatic nitrogens is 2. The third-order valence-corrected chi connectivity index (χ3v) is 8.58. The molecule has 6 atom stereocenters. The van der Waals surface area contributed by atoms with Crippen molar-refractivity contribution in [3.63, 3.8) is 0 Å². The van der Waals surface area contributed by atoms with Crippen LogP contribution in [0.1, 0.15) is 75.8 Å². The fraction of sp³-hybridized carbons (Fsp3) is 0.387. The van der Waals surface area contributed by atoms with Crippen molar-refractivity contribution in [3.8, 4) is 17.2 Å². The SMILES string of the molecule is COc1cccc2c1C(=O)c1c(O)c3c(c(O)c1C2=O)C[C@@](O)(C(C)=O)C[C@@H]3O[C@H]1C[C@H](N)[C@H](O)[C@H](C)O1.Cl.O=c1ccn(F)c(=O)[nH]1. The summed E-state index contributed by atoms with van der Waals surface area (Å²) >= 11 is 0. The Hall–Kier alpha value is -4.45. The molecule has 0 spiro atoms. The molecule has 1 saturated heterocycles. The van der Waals surface area contributed by atoms with Crippen molar-refractivity contribution in [1.29, 1.82) is 0 Å². The lowest BCUT2D eigenvalue weighted by atomic mass is 9.72. The van der Waals surface area contributed by atoms with Crippen molar-refractivity contribution in [2.24, 2.45) is 5.73 Å². The minimum absolute atomic E-state index is 0. The summed E-state index contributed by atoms with van der Waals surface area (Å²) in [6.07, 6.45) is -3.78. The second kappa shape index (κ2) is 13.6. The van der Waals surface area contributed by atoms with Gasteiger partial charge >= 0.3 is 5.69 Å². The van der Waals surface area contributed by atoms with Gasteiger partial charge in [0, 0.05) is 54.3 Å². The lowest BCUT2D eigenvalue weighted by Gasteiger charge is -2.42. The molecule has 7 N–H and O–H groups in total. The summed E-state index contributed by atoms with van der Waals surface area (Å²) in [6.45, 7) is 2.79. The Morgan fingerprint density at radius 1 is 1.10 bits per heavy atom. The molecule has 6 rings (SSSR count). The van der Waals surface area contributed by atoms with Gasteiger partial charge in [0.1, 0.15) is 22.8 Å². The van der Waals surface area contributed by atoms with Crippen LogP contribution in [0.25, 0.3) is 0 Å². The van der Waals surface area contributed by atoms with Gasteiger partial charge in [-0.1, -0.05) is 16.6 Å². The maximum atomic E-state index is 13.6. The largest absolute Gasteiger partial charge is 0.507 e. The molecular weight excluding hydrogens is 661 g/mol. The number of aliphatic hydroxyl groups is 2. The average Bonchev–Trinajstić information content (AvgIpc) is 3.02. The van der Waals surface area contributed by atoms with E-state index in [-0.39, 0.29) is 58.0 Å². The van der Waals surface area contributed by atoms with E-state index in [9.17, 15) is 48.9 Å². The molecule has 258 valence electrons. The van der Waals surface area contributed by atoms with E-state index in [2.05, 4.69) is 0 Å². The first-order chi connectivity index (χ1) is 22.1. The number of nitrogens with two attached hydrogens (primary N) is 1. The van der Waals surface area contributed by atoms with Crippen LogP contribution in [0.5, 0.6) is 17.2 Å². The zero-order valence-electron chi connectivity index (χ0n) is 25.8. The van der Waals surface area contributed by atoms with Gasteiger partial charge in [-0.3, -0.25) is 24.2 Å². The number of rotatable bonds is 4. The fourth-order valence-electron chi connectivity index (χ4n) is 6.06. The van der Waals surface area contributed by atoms with Gasteiger partial charge < -0.3 is 40.4 Å². The van der Waals surface area contributed by atoms with E-state index in [0.717, 1.165) is 12.3 Å². The number of aromatic hydroxyl groups is 2. The Bertz CT molecular complexity index is 1900. The number of Topliss-reactive ketones (excluding diaryl/α,β-unsaturated/α-hetero) is 1. The summed E-state index contributed by atoms with van der Waals surface area (Å²) in [5.41, 5.74) is 1.32. The maximum Gasteiger partial charge on any atom is 0.356 e. The molecule has 0 amide bonds. The molecule has 1 aromatic heterocycles. The number of hydrogen-bond donors (Lipinski definition) is 6. The van der Waals surface area contributed by atoms with E-state index in [0.29, 0.717) is 0 Å². The van der Waals surface area contributed by atoms with Crippen molar-refractivity contribution >= 4 is 29.8 Å². The van der Waals surface area contributed by atoms with E-state index in [1.54, 1.807) is 11.9 Å². The zero-order chi connectivity index (χ0) is 34.5. The molecule has 15 nitrogen and oxygen atoms in total. The Balaban J connectivity index is 0.000000452. The second-order valence-electron chi connectivity index (χ2n) is 11.6. The number of phenols is 2. The van der Waals surface area contributed by atoms with Crippen LogP contribution < -0.4 is 21.7 Å². The predicted molar refractivity (Wildman–Crippen MR) is 165 cm³/mol. The van der Waals surface area contributed by atoms with Crippen LogP contribution in [0.15, 0.2) is 40.1 Å². The lowest BCUT2D eigenvalue weighted by Crippen LogP contribution is -2.52. The molecule has 17 heteroatoms. The van der Waals surface area contributed by atoms with E-state index in [1.165, 1.54) is 32.2 Å².